The number of alkyl halides is 2. The lowest BCUT2D eigenvalue weighted by molar-refractivity contribution is -0.137. The minimum absolute atomic E-state index is 0.138. The average molecular weight is 207 g/mol. The van der Waals surface area contributed by atoms with Crippen molar-refractivity contribution in [3.05, 3.63) is 0 Å². The smallest absolute Gasteiger partial charge is 0.323 e. The second kappa shape index (κ2) is 4.53. The van der Waals surface area contributed by atoms with Crippen LogP contribution in [0.3, 0.4) is 0 Å². The fraction of sp³-hybridized carbons (Fsp3) is 1.00. The van der Waals surface area contributed by atoms with Gasteiger partial charge in [-0.1, -0.05) is 0 Å². The molecule has 84 valence electrons. The van der Waals surface area contributed by atoms with Crippen LogP contribution in [0.5, 0.6) is 0 Å². The molecule has 0 aromatic heterocycles. The Morgan fingerprint density at radius 1 is 1.43 bits per heavy atom. The van der Waals surface area contributed by atoms with E-state index in [-0.39, 0.29) is 18.1 Å². The van der Waals surface area contributed by atoms with Crippen molar-refractivity contribution in [1.29, 1.82) is 0 Å². The summed E-state index contributed by atoms with van der Waals surface area (Å²) in [7, 11) is 0. The van der Waals surface area contributed by atoms with Crippen molar-refractivity contribution in [3.8, 4) is 0 Å². The number of likely N-dealkylation sites (tertiary alicyclic amines) is 1. The fourth-order valence-corrected chi connectivity index (χ4v) is 1.79. The van der Waals surface area contributed by atoms with Gasteiger partial charge in [0.25, 0.3) is 0 Å². The summed E-state index contributed by atoms with van der Waals surface area (Å²) in [5, 5.41) is 0. The number of ether oxygens (including phenoxy) is 1. The summed E-state index contributed by atoms with van der Waals surface area (Å²) in [5.41, 5.74) is 0.138. The van der Waals surface area contributed by atoms with Gasteiger partial charge in [0, 0.05) is 12.1 Å². The lowest BCUT2D eigenvalue weighted by Crippen LogP contribution is -2.39. The van der Waals surface area contributed by atoms with E-state index in [0.29, 0.717) is 0 Å². The SMILES string of the molecule is CC(C)(C)N1CC[C@@H](COC(F)F)C1. The Kier molecular flexibility index (Phi) is 3.84. The summed E-state index contributed by atoms with van der Waals surface area (Å²) < 4.78 is 27.9. The van der Waals surface area contributed by atoms with Gasteiger partial charge in [-0.3, -0.25) is 4.90 Å². The molecular weight excluding hydrogens is 188 g/mol. The summed E-state index contributed by atoms with van der Waals surface area (Å²) in [5.74, 6) is 0.267. The van der Waals surface area contributed by atoms with Crippen LogP contribution in [0, 0.1) is 5.92 Å². The minimum atomic E-state index is -2.63. The zero-order chi connectivity index (χ0) is 10.8. The molecule has 0 unspecified atom stereocenters. The first-order valence-electron chi connectivity index (χ1n) is 5.04. The minimum Gasteiger partial charge on any atom is -0.323 e. The van der Waals surface area contributed by atoms with E-state index in [1.54, 1.807) is 0 Å². The van der Waals surface area contributed by atoms with E-state index in [0.717, 1.165) is 19.5 Å². The Bertz CT molecular complexity index is 179. The van der Waals surface area contributed by atoms with Gasteiger partial charge in [0.2, 0.25) is 0 Å². The fourth-order valence-electron chi connectivity index (χ4n) is 1.79. The van der Waals surface area contributed by atoms with Crippen LogP contribution in [-0.4, -0.2) is 36.7 Å². The lowest BCUT2D eigenvalue weighted by atomic mass is 10.1. The molecule has 2 nitrogen and oxygen atoms in total. The van der Waals surface area contributed by atoms with Crippen LogP contribution in [0.1, 0.15) is 27.2 Å². The van der Waals surface area contributed by atoms with Crippen molar-refractivity contribution >= 4 is 0 Å². The highest BCUT2D eigenvalue weighted by Gasteiger charge is 2.30. The van der Waals surface area contributed by atoms with Crippen molar-refractivity contribution < 1.29 is 13.5 Å². The van der Waals surface area contributed by atoms with E-state index in [1.165, 1.54) is 0 Å². The maximum Gasteiger partial charge on any atom is 0.345 e. The predicted octanol–water partition coefficient (Wildman–Crippen LogP) is 2.35. The summed E-state index contributed by atoms with van der Waals surface area (Å²) in [6.45, 7) is 5.84. The van der Waals surface area contributed by atoms with Crippen LogP contribution in [0.15, 0.2) is 0 Å². The highest BCUT2D eigenvalue weighted by molar-refractivity contribution is 4.84. The van der Waals surface area contributed by atoms with Crippen LogP contribution in [0.25, 0.3) is 0 Å². The second-order valence-corrected chi connectivity index (χ2v) is 4.87. The van der Waals surface area contributed by atoms with Crippen molar-refractivity contribution in [2.45, 2.75) is 39.3 Å². The van der Waals surface area contributed by atoms with Gasteiger partial charge in [-0.05, 0) is 39.7 Å². The normalized spacial score (nSPS) is 24.9. The molecule has 1 aliphatic heterocycles. The third-order valence-electron chi connectivity index (χ3n) is 2.69. The van der Waals surface area contributed by atoms with Crippen LogP contribution < -0.4 is 0 Å². The zero-order valence-corrected chi connectivity index (χ0v) is 9.09. The summed E-state index contributed by atoms with van der Waals surface area (Å²) in [4.78, 5) is 2.31. The van der Waals surface area contributed by atoms with Gasteiger partial charge in [-0.15, -0.1) is 0 Å². The lowest BCUT2D eigenvalue weighted by Gasteiger charge is -2.31. The Morgan fingerprint density at radius 3 is 2.50 bits per heavy atom. The average Bonchev–Trinajstić information content (AvgIpc) is 2.47. The molecule has 0 bridgehead atoms. The van der Waals surface area contributed by atoms with E-state index in [1.807, 2.05) is 0 Å². The van der Waals surface area contributed by atoms with Crippen LogP contribution in [0.4, 0.5) is 8.78 Å². The molecule has 0 spiro atoms. The first-order valence-corrected chi connectivity index (χ1v) is 5.04. The van der Waals surface area contributed by atoms with Crippen LogP contribution in [0.2, 0.25) is 0 Å². The number of rotatable bonds is 3. The Labute approximate surface area is 84.2 Å². The third kappa shape index (κ3) is 3.50. The highest BCUT2D eigenvalue weighted by Crippen LogP contribution is 2.24. The summed E-state index contributed by atoms with van der Waals surface area (Å²) >= 11 is 0. The maximum atomic E-state index is 11.8. The van der Waals surface area contributed by atoms with Gasteiger partial charge in [-0.25, -0.2) is 0 Å². The van der Waals surface area contributed by atoms with Gasteiger partial charge in [-0.2, -0.15) is 8.78 Å². The van der Waals surface area contributed by atoms with E-state index in [9.17, 15) is 8.78 Å². The topological polar surface area (TPSA) is 12.5 Å². The Hall–Kier alpha value is -0.220. The van der Waals surface area contributed by atoms with Gasteiger partial charge >= 0.3 is 6.61 Å². The van der Waals surface area contributed by atoms with Crippen molar-refractivity contribution in [1.82, 2.24) is 4.90 Å². The monoisotopic (exact) mass is 207 g/mol. The molecule has 1 saturated heterocycles. The summed E-state index contributed by atoms with van der Waals surface area (Å²) in [6.07, 6.45) is 0.962. The van der Waals surface area contributed by atoms with Crippen molar-refractivity contribution in [2.24, 2.45) is 5.92 Å². The maximum absolute atomic E-state index is 11.8. The molecule has 0 aliphatic carbocycles. The molecular formula is C10H19F2NO. The third-order valence-corrected chi connectivity index (χ3v) is 2.69. The van der Waals surface area contributed by atoms with Gasteiger partial charge in [0.05, 0.1) is 6.61 Å². The van der Waals surface area contributed by atoms with Gasteiger partial charge < -0.3 is 4.74 Å². The quantitative estimate of drug-likeness (QED) is 0.704. The molecule has 0 saturated carbocycles. The zero-order valence-electron chi connectivity index (χ0n) is 9.09. The molecule has 1 rings (SSSR count). The number of halogens is 2. The summed E-state index contributed by atoms with van der Waals surface area (Å²) in [6, 6.07) is 0. The molecule has 0 N–H and O–H groups in total. The molecule has 0 amide bonds. The first kappa shape index (κ1) is 11.9. The van der Waals surface area contributed by atoms with Crippen molar-refractivity contribution in [2.75, 3.05) is 19.7 Å². The van der Waals surface area contributed by atoms with Crippen LogP contribution >= 0.6 is 0 Å². The van der Waals surface area contributed by atoms with E-state index < -0.39 is 6.61 Å². The number of hydrogen-bond acceptors (Lipinski definition) is 2. The highest BCUT2D eigenvalue weighted by atomic mass is 19.3. The largest absolute Gasteiger partial charge is 0.345 e. The van der Waals surface area contributed by atoms with Gasteiger partial charge in [0.1, 0.15) is 0 Å². The van der Waals surface area contributed by atoms with Gasteiger partial charge in [0.15, 0.2) is 0 Å². The molecule has 0 aromatic rings. The second-order valence-electron chi connectivity index (χ2n) is 4.87. The standard InChI is InChI=1S/C10H19F2NO/c1-10(2,3)13-5-4-8(6-13)7-14-9(11)12/h8-9H,4-7H2,1-3H3/t8-/m1/s1. The predicted molar refractivity (Wildman–Crippen MR) is 51.4 cm³/mol. The molecule has 0 aromatic carbocycles. The number of nitrogens with zero attached hydrogens (tertiary/aromatic N) is 1. The van der Waals surface area contributed by atoms with E-state index >= 15 is 0 Å². The van der Waals surface area contributed by atoms with Crippen LogP contribution in [-0.2, 0) is 4.74 Å². The van der Waals surface area contributed by atoms with E-state index in [2.05, 4.69) is 30.4 Å². The molecule has 4 heteroatoms. The molecule has 0 radical (unpaired) electrons. The molecule has 14 heavy (non-hydrogen) atoms. The number of hydrogen-bond donors (Lipinski definition) is 0. The Balaban J connectivity index is 2.27. The molecule has 1 fully saturated rings. The molecule has 1 aliphatic rings. The Morgan fingerprint density at radius 2 is 2.07 bits per heavy atom. The van der Waals surface area contributed by atoms with E-state index in [4.69, 9.17) is 0 Å². The first-order chi connectivity index (χ1) is 6.39. The molecule has 1 atom stereocenters. The molecule has 1 heterocycles. The van der Waals surface area contributed by atoms with Crippen molar-refractivity contribution in [3.63, 3.8) is 0 Å².